The first-order chi connectivity index (χ1) is 9.71. The van der Waals surface area contributed by atoms with E-state index in [2.05, 4.69) is 22.4 Å². The monoisotopic (exact) mass is 382 g/mol. The molecule has 0 aromatic carbocycles. The van der Waals surface area contributed by atoms with Gasteiger partial charge in [-0.05, 0) is 0 Å². The fraction of sp³-hybridized carbons (Fsp3) is 1.00. The normalized spacial score (nSPS) is 17.2. The first kappa shape index (κ1) is 21.5. The van der Waals surface area contributed by atoms with Gasteiger partial charge in [-0.1, -0.05) is 0 Å². The highest BCUT2D eigenvalue weighted by Gasteiger charge is 1.98. The van der Waals surface area contributed by atoms with Crippen molar-refractivity contribution < 1.29 is 31.0 Å². The molecular formula is C10H22O7S4. The van der Waals surface area contributed by atoms with Gasteiger partial charge in [0.1, 0.15) is 17.5 Å². The lowest BCUT2D eigenvalue weighted by Gasteiger charge is -2.07. The molecule has 0 N–H and O–H groups in total. The van der Waals surface area contributed by atoms with Gasteiger partial charge in [-0.3, -0.25) is 8.37 Å². The molecule has 0 bridgehead atoms. The van der Waals surface area contributed by atoms with Crippen LogP contribution in [-0.4, -0.2) is 73.8 Å². The summed E-state index contributed by atoms with van der Waals surface area (Å²) in [6.07, 6.45) is 2.70. The molecule has 0 aromatic rings. The highest BCUT2D eigenvalue weighted by molar-refractivity contribution is 8.30. The fourth-order valence-corrected chi connectivity index (χ4v) is 2.18. The van der Waals surface area contributed by atoms with Crippen LogP contribution < -0.4 is 0 Å². The summed E-state index contributed by atoms with van der Waals surface area (Å²) in [5.74, 6) is 0. The molecule has 21 heavy (non-hydrogen) atoms. The molecule has 128 valence electrons. The molecule has 0 fully saturated rings. The van der Waals surface area contributed by atoms with Gasteiger partial charge in [0.05, 0.1) is 52.9 Å². The average molecular weight is 383 g/mol. The summed E-state index contributed by atoms with van der Waals surface area (Å²) in [6.45, 7) is 2.68. The van der Waals surface area contributed by atoms with Gasteiger partial charge in [0.15, 0.2) is 0 Å². The van der Waals surface area contributed by atoms with E-state index < -0.39 is 17.5 Å². The zero-order valence-electron chi connectivity index (χ0n) is 12.1. The highest BCUT2D eigenvalue weighted by Crippen LogP contribution is 1.89. The van der Waals surface area contributed by atoms with E-state index in [1.807, 2.05) is 0 Å². The Kier molecular flexibility index (Phi) is 12.3. The molecule has 0 heterocycles. The van der Waals surface area contributed by atoms with E-state index in [0.717, 1.165) is 0 Å². The van der Waals surface area contributed by atoms with Crippen molar-refractivity contribution in [3.63, 3.8) is 0 Å². The minimum atomic E-state index is -2.58. The predicted octanol–water partition coefficient (Wildman–Crippen LogP) is -0.348. The number of hydrogen-bond donors (Lipinski definition) is 0. The predicted molar refractivity (Wildman–Crippen MR) is 87.2 cm³/mol. The Morgan fingerprint density at radius 1 is 0.619 bits per heavy atom. The van der Waals surface area contributed by atoms with E-state index in [0.29, 0.717) is 39.6 Å². The van der Waals surface area contributed by atoms with Crippen molar-refractivity contribution in [3.05, 3.63) is 0 Å². The lowest BCUT2D eigenvalue weighted by Crippen LogP contribution is -2.14. The molecule has 2 atom stereocenters. The van der Waals surface area contributed by atoms with E-state index in [4.69, 9.17) is 22.6 Å². The Bertz CT molecular complexity index is 404. The van der Waals surface area contributed by atoms with Crippen LogP contribution in [0, 0.1) is 0 Å². The van der Waals surface area contributed by atoms with E-state index >= 15 is 0 Å². The summed E-state index contributed by atoms with van der Waals surface area (Å²) in [4.78, 5) is 0. The molecule has 0 amide bonds. The molecule has 0 aliphatic heterocycles. The summed E-state index contributed by atoms with van der Waals surface area (Å²) < 4.78 is 47.3. The van der Waals surface area contributed by atoms with Gasteiger partial charge in [-0.2, -0.15) is 0 Å². The Labute approximate surface area is 136 Å². The number of hydrogen-bond acceptors (Lipinski definition) is 9. The molecule has 0 spiro atoms. The standard InChI is InChI=1S/C10H22O7S4/c1-20(11,18)16-9-7-14-5-3-13-4-6-15-8-10-17-21(2,12)19/h3-10H2,1-2H3. The Morgan fingerprint density at radius 3 is 1.10 bits per heavy atom. The highest BCUT2D eigenvalue weighted by atomic mass is 32.8. The summed E-state index contributed by atoms with van der Waals surface area (Å²) in [7, 11) is -5.15. The van der Waals surface area contributed by atoms with Gasteiger partial charge in [0.2, 0.25) is 0 Å². The molecular weight excluding hydrogens is 360 g/mol. The van der Waals surface area contributed by atoms with Crippen LogP contribution in [0.2, 0.25) is 0 Å². The minimum Gasteiger partial charge on any atom is -0.377 e. The lowest BCUT2D eigenvalue weighted by atomic mass is 10.7. The summed E-state index contributed by atoms with van der Waals surface area (Å²) in [5.41, 5.74) is 0. The van der Waals surface area contributed by atoms with Gasteiger partial charge in [-0.15, -0.1) is 0 Å². The smallest absolute Gasteiger partial charge is 0.141 e. The second kappa shape index (κ2) is 12.0. The van der Waals surface area contributed by atoms with Crippen LogP contribution in [0.4, 0.5) is 0 Å². The minimum absolute atomic E-state index is 0.200. The second-order valence-corrected chi connectivity index (χ2v) is 10.8. The van der Waals surface area contributed by atoms with Crippen LogP contribution in [-0.2, 0) is 62.5 Å². The van der Waals surface area contributed by atoms with Crippen LogP contribution >= 0.6 is 0 Å². The van der Waals surface area contributed by atoms with Crippen molar-refractivity contribution in [2.75, 3.05) is 65.4 Å². The third kappa shape index (κ3) is 20.5. The van der Waals surface area contributed by atoms with E-state index in [-0.39, 0.29) is 13.2 Å². The molecule has 0 aliphatic rings. The summed E-state index contributed by atoms with van der Waals surface area (Å²) in [5, 5.41) is 0. The SMILES string of the molecule is CS(=O)(=S)OCCOCCOCCOCCOS(C)(=O)=S. The Balaban J connectivity index is 3.16. The van der Waals surface area contributed by atoms with Crippen LogP contribution in [0.5, 0.6) is 0 Å². The first-order valence-electron chi connectivity index (χ1n) is 6.13. The van der Waals surface area contributed by atoms with E-state index in [9.17, 15) is 8.42 Å². The van der Waals surface area contributed by atoms with Crippen molar-refractivity contribution in [3.8, 4) is 0 Å². The lowest BCUT2D eigenvalue weighted by molar-refractivity contribution is 0.00617. The van der Waals surface area contributed by atoms with E-state index in [1.165, 1.54) is 12.5 Å². The first-order valence-corrected chi connectivity index (χ1v) is 11.8. The maximum atomic E-state index is 11.0. The molecule has 11 heteroatoms. The summed E-state index contributed by atoms with van der Waals surface area (Å²) in [6, 6.07) is 0. The van der Waals surface area contributed by atoms with Crippen LogP contribution in [0.25, 0.3) is 0 Å². The maximum Gasteiger partial charge on any atom is 0.141 e. The molecule has 0 saturated heterocycles. The average Bonchev–Trinajstić information content (AvgIpc) is 2.32. The number of rotatable bonds is 14. The molecule has 0 radical (unpaired) electrons. The van der Waals surface area contributed by atoms with Crippen LogP contribution in [0.3, 0.4) is 0 Å². The third-order valence-corrected chi connectivity index (χ3v) is 3.56. The zero-order chi connectivity index (χ0) is 16.2. The van der Waals surface area contributed by atoms with Gasteiger partial charge in [-0.25, -0.2) is 8.42 Å². The van der Waals surface area contributed by atoms with Crippen LogP contribution in [0.15, 0.2) is 0 Å². The molecule has 2 unspecified atom stereocenters. The molecule has 0 rings (SSSR count). The molecule has 0 saturated carbocycles. The quantitative estimate of drug-likeness (QED) is 0.375. The largest absolute Gasteiger partial charge is 0.377 e. The van der Waals surface area contributed by atoms with Crippen molar-refractivity contribution in [1.82, 2.24) is 0 Å². The fourth-order valence-electron chi connectivity index (χ4n) is 1.03. The third-order valence-electron chi connectivity index (χ3n) is 1.79. The molecule has 0 aliphatic carbocycles. The Morgan fingerprint density at radius 2 is 0.857 bits per heavy atom. The van der Waals surface area contributed by atoms with Crippen molar-refractivity contribution in [1.29, 1.82) is 0 Å². The van der Waals surface area contributed by atoms with Crippen molar-refractivity contribution in [2.24, 2.45) is 0 Å². The topological polar surface area (TPSA) is 80.3 Å². The maximum absolute atomic E-state index is 11.0. The zero-order valence-corrected chi connectivity index (χ0v) is 15.4. The molecule has 0 aromatic heterocycles. The second-order valence-electron chi connectivity index (χ2n) is 3.89. The summed E-state index contributed by atoms with van der Waals surface area (Å²) >= 11 is 9.13. The van der Waals surface area contributed by atoms with Gasteiger partial charge in [0, 0.05) is 34.9 Å². The van der Waals surface area contributed by atoms with Crippen LogP contribution in [0.1, 0.15) is 0 Å². The Hall–Kier alpha value is 0.540. The van der Waals surface area contributed by atoms with E-state index in [1.54, 1.807) is 0 Å². The van der Waals surface area contributed by atoms with Gasteiger partial charge >= 0.3 is 0 Å². The van der Waals surface area contributed by atoms with Gasteiger partial charge < -0.3 is 14.2 Å². The van der Waals surface area contributed by atoms with Crippen molar-refractivity contribution >= 4 is 39.9 Å². The number of ether oxygens (including phenoxy) is 3. The molecule has 7 nitrogen and oxygen atoms in total. The van der Waals surface area contributed by atoms with Gasteiger partial charge in [0.25, 0.3) is 0 Å². The van der Waals surface area contributed by atoms with Crippen molar-refractivity contribution in [2.45, 2.75) is 0 Å².